The third-order valence-corrected chi connectivity index (χ3v) is 5.50. The van der Waals surface area contributed by atoms with Crippen LogP contribution in [0, 0.1) is 0 Å². The summed E-state index contributed by atoms with van der Waals surface area (Å²) >= 11 is 7.68. The van der Waals surface area contributed by atoms with Gasteiger partial charge in [0.15, 0.2) is 4.80 Å². The molecule has 0 aliphatic carbocycles. The lowest BCUT2D eigenvalue weighted by Crippen LogP contribution is -2.16. The van der Waals surface area contributed by atoms with Crippen molar-refractivity contribution in [2.45, 2.75) is 33.2 Å². The van der Waals surface area contributed by atoms with Crippen LogP contribution in [0.25, 0.3) is 16.3 Å². The molecule has 0 N–H and O–H groups in total. The lowest BCUT2D eigenvalue weighted by atomic mass is 10.2. The third-order valence-electron chi connectivity index (χ3n) is 4.12. The molecule has 0 radical (unpaired) electrons. The van der Waals surface area contributed by atoms with Gasteiger partial charge in [0.1, 0.15) is 0 Å². The maximum absolute atomic E-state index is 12.4. The fraction of sp³-hybridized carbons (Fsp3) is 0.238. The van der Waals surface area contributed by atoms with Crippen molar-refractivity contribution in [2.75, 3.05) is 0 Å². The first kappa shape index (κ1) is 18.6. The van der Waals surface area contributed by atoms with Gasteiger partial charge in [0.25, 0.3) is 5.91 Å². The molecule has 26 heavy (non-hydrogen) atoms. The number of aryl methyl sites for hydroxylation is 2. The zero-order valence-electron chi connectivity index (χ0n) is 14.9. The summed E-state index contributed by atoms with van der Waals surface area (Å²) in [6.45, 7) is 5.11. The van der Waals surface area contributed by atoms with E-state index in [4.69, 9.17) is 11.6 Å². The SMILES string of the molecule is CCCn1c(=NC(=O)/C=C/c2ccccc2Cl)sc2cc(CC)ccc21. The molecule has 1 amide bonds. The summed E-state index contributed by atoms with van der Waals surface area (Å²) in [4.78, 5) is 17.4. The van der Waals surface area contributed by atoms with E-state index in [1.807, 2.05) is 18.2 Å². The third kappa shape index (κ3) is 4.14. The van der Waals surface area contributed by atoms with E-state index < -0.39 is 0 Å². The van der Waals surface area contributed by atoms with E-state index in [9.17, 15) is 4.79 Å². The van der Waals surface area contributed by atoms with Gasteiger partial charge in [-0.3, -0.25) is 4.79 Å². The Morgan fingerprint density at radius 2 is 2.04 bits per heavy atom. The molecule has 3 nitrogen and oxygen atoms in total. The van der Waals surface area contributed by atoms with Crippen molar-refractivity contribution in [3.8, 4) is 0 Å². The quantitative estimate of drug-likeness (QED) is 0.537. The van der Waals surface area contributed by atoms with Crippen LogP contribution >= 0.6 is 22.9 Å². The van der Waals surface area contributed by atoms with Gasteiger partial charge in [0.2, 0.25) is 0 Å². The van der Waals surface area contributed by atoms with Gasteiger partial charge >= 0.3 is 0 Å². The molecular formula is C21H21ClN2OS. The average molecular weight is 385 g/mol. The Morgan fingerprint density at radius 1 is 1.23 bits per heavy atom. The number of aromatic nitrogens is 1. The Hall–Kier alpha value is -2.17. The Labute approximate surface area is 162 Å². The average Bonchev–Trinajstić information content (AvgIpc) is 2.97. The molecule has 3 aromatic rings. The van der Waals surface area contributed by atoms with Crippen LogP contribution in [0.15, 0.2) is 53.5 Å². The Bertz CT molecular complexity index is 1030. The number of thiazole rings is 1. The molecular weight excluding hydrogens is 364 g/mol. The zero-order chi connectivity index (χ0) is 18.5. The smallest absolute Gasteiger partial charge is 0.272 e. The number of fused-ring (bicyclic) bond motifs is 1. The van der Waals surface area contributed by atoms with Gasteiger partial charge in [-0.2, -0.15) is 4.99 Å². The molecule has 5 heteroatoms. The van der Waals surface area contributed by atoms with Crippen LogP contribution in [0.4, 0.5) is 0 Å². The highest BCUT2D eigenvalue weighted by Crippen LogP contribution is 2.20. The minimum absolute atomic E-state index is 0.281. The zero-order valence-corrected chi connectivity index (χ0v) is 16.5. The number of hydrogen-bond acceptors (Lipinski definition) is 2. The minimum atomic E-state index is -0.281. The standard InChI is InChI=1S/C21H21ClN2OS/c1-3-13-24-18-11-9-15(4-2)14-19(18)26-21(24)23-20(25)12-10-16-7-5-6-8-17(16)22/h5-12,14H,3-4,13H2,1-2H3/b12-10+,23-21?. The van der Waals surface area contributed by atoms with Crippen molar-refractivity contribution in [1.82, 2.24) is 4.57 Å². The van der Waals surface area contributed by atoms with Crippen molar-refractivity contribution >= 4 is 45.1 Å². The normalized spacial score (nSPS) is 12.3. The summed E-state index contributed by atoms with van der Waals surface area (Å²) in [7, 11) is 0. The molecule has 0 spiro atoms. The number of benzene rings is 2. The topological polar surface area (TPSA) is 34.4 Å². The fourth-order valence-electron chi connectivity index (χ4n) is 2.77. The van der Waals surface area contributed by atoms with Crippen LogP contribution in [0.2, 0.25) is 5.02 Å². The molecule has 0 saturated heterocycles. The van der Waals surface area contributed by atoms with Crippen LogP contribution in [-0.2, 0) is 17.8 Å². The number of carbonyl (C=O) groups excluding carboxylic acids is 1. The fourth-order valence-corrected chi connectivity index (χ4v) is 4.09. The minimum Gasteiger partial charge on any atom is -0.316 e. The second-order valence-electron chi connectivity index (χ2n) is 6.00. The van der Waals surface area contributed by atoms with E-state index >= 15 is 0 Å². The van der Waals surface area contributed by atoms with Crippen LogP contribution < -0.4 is 4.80 Å². The van der Waals surface area contributed by atoms with E-state index in [-0.39, 0.29) is 5.91 Å². The van der Waals surface area contributed by atoms with E-state index in [0.717, 1.165) is 35.3 Å². The van der Waals surface area contributed by atoms with E-state index in [2.05, 4.69) is 41.6 Å². The highest BCUT2D eigenvalue weighted by atomic mass is 35.5. The monoisotopic (exact) mass is 384 g/mol. The maximum Gasteiger partial charge on any atom is 0.272 e. The highest BCUT2D eigenvalue weighted by molar-refractivity contribution is 7.16. The van der Waals surface area contributed by atoms with Crippen molar-refractivity contribution < 1.29 is 4.79 Å². The first-order valence-electron chi connectivity index (χ1n) is 8.76. The second kappa shape index (κ2) is 8.47. The molecule has 1 aromatic heterocycles. The Kier molecular flexibility index (Phi) is 6.07. The van der Waals surface area contributed by atoms with Gasteiger partial charge in [-0.1, -0.05) is 61.1 Å². The van der Waals surface area contributed by atoms with Crippen molar-refractivity contribution in [3.63, 3.8) is 0 Å². The molecule has 1 heterocycles. The van der Waals surface area contributed by atoms with E-state index in [0.29, 0.717) is 5.02 Å². The molecule has 0 unspecified atom stereocenters. The molecule has 134 valence electrons. The highest BCUT2D eigenvalue weighted by Gasteiger charge is 2.07. The number of nitrogens with zero attached hydrogens (tertiary/aromatic N) is 2. The van der Waals surface area contributed by atoms with Crippen molar-refractivity contribution in [3.05, 3.63) is 69.5 Å². The van der Waals surface area contributed by atoms with Gasteiger partial charge in [0, 0.05) is 17.6 Å². The summed E-state index contributed by atoms with van der Waals surface area (Å²) in [5.74, 6) is -0.281. The van der Waals surface area contributed by atoms with Gasteiger partial charge in [0.05, 0.1) is 10.2 Å². The molecule has 0 aliphatic rings. The van der Waals surface area contributed by atoms with Crippen LogP contribution in [0.1, 0.15) is 31.4 Å². The number of rotatable bonds is 5. The summed E-state index contributed by atoms with van der Waals surface area (Å²) in [5, 5.41) is 0.617. The van der Waals surface area contributed by atoms with Gasteiger partial charge in [-0.25, -0.2) is 0 Å². The number of hydrogen-bond donors (Lipinski definition) is 0. The summed E-state index contributed by atoms with van der Waals surface area (Å²) in [6, 6.07) is 13.9. The van der Waals surface area contributed by atoms with Crippen LogP contribution in [-0.4, -0.2) is 10.5 Å². The predicted molar refractivity (Wildman–Crippen MR) is 111 cm³/mol. The predicted octanol–water partition coefficient (Wildman–Crippen LogP) is 5.47. The molecule has 0 fully saturated rings. The number of halogens is 1. The Morgan fingerprint density at radius 3 is 2.77 bits per heavy atom. The van der Waals surface area contributed by atoms with Gasteiger partial charge in [-0.05, 0) is 48.2 Å². The molecule has 3 rings (SSSR count). The summed E-state index contributed by atoms with van der Waals surface area (Å²) in [5.41, 5.74) is 3.23. The molecule has 0 atom stereocenters. The van der Waals surface area contributed by atoms with Crippen LogP contribution in [0.5, 0.6) is 0 Å². The van der Waals surface area contributed by atoms with E-state index in [1.54, 1.807) is 23.5 Å². The summed E-state index contributed by atoms with van der Waals surface area (Å²) in [6.07, 6.45) is 5.16. The first-order valence-corrected chi connectivity index (χ1v) is 9.95. The number of amides is 1. The Balaban J connectivity index is 1.98. The van der Waals surface area contributed by atoms with E-state index in [1.165, 1.54) is 16.3 Å². The van der Waals surface area contributed by atoms with Crippen molar-refractivity contribution in [2.24, 2.45) is 4.99 Å². The first-order chi connectivity index (χ1) is 12.6. The maximum atomic E-state index is 12.4. The molecule has 0 aliphatic heterocycles. The number of carbonyl (C=O) groups is 1. The molecule has 2 aromatic carbocycles. The van der Waals surface area contributed by atoms with Gasteiger partial charge in [-0.15, -0.1) is 0 Å². The second-order valence-corrected chi connectivity index (χ2v) is 7.41. The van der Waals surface area contributed by atoms with Crippen molar-refractivity contribution in [1.29, 1.82) is 0 Å². The largest absolute Gasteiger partial charge is 0.316 e. The van der Waals surface area contributed by atoms with Gasteiger partial charge < -0.3 is 4.57 Å². The lowest BCUT2D eigenvalue weighted by Gasteiger charge is -2.03. The summed E-state index contributed by atoms with van der Waals surface area (Å²) < 4.78 is 3.29. The lowest BCUT2D eigenvalue weighted by molar-refractivity contribution is -0.113. The molecule has 0 bridgehead atoms. The molecule has 0 saturated carbocycles. The van der Waals surface area contributed by atoms with Crippen LogP contribution in [0.3, 0.4) is 0 Å².